The molecule has 13 heavy (non-hydrogen) atoms. The maximum absolute atomic E-state index is 10.6. The monoisotopic (exact) mass is 227 g/mol. The summed E-state index contributed by atoms with van der Waals surface area (Å²) in [4.78, 5) is 0. The molecule has 1 N–H and O–H groups in total. The first kappa shape index (κ1) is 11.2. The SMILES string of the molecule is CC1(CNS(=O)(=O)Cl)CCOCC1. The molecular formula is C7H14ClNO3S. The average molecular weight is 228 g/mol. The summed E-state index contributed by atoms with van der Waals surface area (Å²) in [5.41, 5.74) is -0.0137. The molecule has 1 aliphatic heterocycles. The second kappa shape index (κ2) is 4.13. The van der Waals surface area contributed by atoms with Crippen molar-refractivity contribution in [3.8, 4) is 0 Å². The standard InChI is InChI=1S/C7H14ClNO3S/c1-7(2-4-12-5-3-7)6-9-13(8,10)11/h9H,2-6H2,1H3. The van der Waals surface area contributed by atoms with Gasteiger partial charge in [-0.05, 0) is 18.3 Å². The van der Waals surface area contributed by atoms with Gasteiger partial charge in [0.15, 0.2) is 0 Å². The highest BCUT2D eigenvalue weighted by atomic mass is 35.7. The van der Waals surface area contributed by atoms with E-state index >= 15 is 0 Å². The summed E-state index contributed by atoms with van der Waals surface area (Å²) in [5, 5.41) is 0. The van der Waals surface area contributed by atoms with E-state index in [2.05, 4.69) is 4.72 Å². The van der Waals surface area contributed by atoms with Crippen LogP contribution in [0.15, 0.2) is 0 Å². The first-order chi connectivity index (χ1) is 5.91. The summed E-state index contributed by atoms with van der Waals surface area (Å²) in [5.74, 6) is 0. The molecule has 78 valence electrons. The molecule has 1 saturated heterocycles. The van der Waals surface area contributed by atoms with Gasteiger partial charge in [0, 0.05) is 30.4 Å². The van der Waals surface area contributed by atoms with E-state index in [1.54, 1.807) is 0 Å². The van der Waals surface area contributed by atoms with Crippen molar-refractivity contribution in [1.82, 2.24) is 4.72 Å². The van der Waals surface area contributed by atoms with Crippen LogP contribution in [0.3, 0.4) is 0 Å². The molecular weight excluding hydrogens is 214 g/mol. The Morgan fingerprint density at radius 1 is 1.46 bits per heavy atom. The molecule has 6 heteroatoms. The van der Waals surface area contributed by atoms with Crippen molar-refractivity contribution in [2.24, 2.45) is 5.41 Å². The Balaban J connectivity index is 2.42. The van der Waals surface area contributed by atoms with Crippen LogP contribution in [0.4, 0.5) is 0 Å². The number of rotatable bonds is 3. The van der Waals surface area contributed by atoms with Crippen LogP contribution in [-0.2, 0) is 14.0 Å². The lowest BCUT2D eigenvalue weighted by atomic mass is 9.83. The molecule has 1 heterocycles. The first-order valence-electron chi connectivity index (χ1n) is 4.18. The van der Waals surface area contributed by atoms with Crippen LogP contribution in [0.5, 0.6) is 0 Å². The van der Waals surface area contributed by atoms with Gasteiger partial charge in [0.25, 0.3) is 9.24 Å². The molecule has 1 fully saturated rings. The molecule has 0 saturated carbocycles. The number of hydrogen-bond donors (Lipinski definition) is 1. The van der Waals surface area contributed by atoms with Crippen molar-refractivity contribution in [3.63, 3.8) is 0 Å². The minimum Gasteiger partial charge on any atom is -0.381 e. The summed E-state index contributed by atoms with van der Waals surface area (Å²) in [6, 6.07) is 0. The Hall–Kier alpha value is 0.160. The molecule has 0 atom stereocenters. The predicted octanol–water partition coefficient (Wildman–Crippen LogP) is 0.876. The van der Waals surface area contributed by atoms with Crippen LogP contribution >= 0.6 is 10.7 Å². The van der Waals surface area contributed by atoms with Crippen LogP contribution in [0, 0.1) is 5.41 Å². The lowest BCUT2D eigenvalue weighted by Crippen LogP contribution is -2.37. The molecule has 0 radical (unpaired) electrons. The normalized spacial score (nSPS) is 22.9. The highest BCUT2D eigenvalue weighted by Crippen LogP contribution is 2.28. The van der Waals surface area contributed by atoms with Crippen LogP contribution in [-0.4, -0.2) is 28.2 Å². The first-order valence-corrected chi connectivity index (χ1v) is 6.49. The second-order valence-electron chi connectivity index (χ2n) is 3.68. The van der Waals surface area contributed by atoms with Crippen molar-refractivity contribution < 1.29 is 13.2 Å². The largest absolute Gasteiger partial charge is 0.381 e. The van der Waals surface area contributed by atoms with E-state index in [9.17, 15) is 8.42 Å². The van der Waals surface area contributed by atoms with Gasteiger partial charge >= 0.3 is 0 Å². The third kappa shape index (κ3) is 4.26. The maximum Gasteiger partial charge on any atom is 0.297 e. The highest BCUT2D eigenvalue weighted by Gasteiger charge is 2.28. The van der Waals surface area contributed by atoms with Gasteiger partial charge < -0.3 is 4.74 Å². The number of ether oxygens (including phenoxy) is 1. The van der Waals surface area contributed by atoms with E-state index in [1.165, 1.54) is 0 Å². The fourth-order valence-electron chi connectivity index (χ4n) is 1.30. The van der Waals surface area contributed by atoms with Crippen molar-refractivity contribution in [2.75, 3.05) is 19.8 Å². The summed E-state index contributed by atoms with van der Waals surface area (Å²) < 4.78 is 28.8. The summed E-state index contributed by atoms with van der Waals surface area (Å²) >= 11 is 0. The topological polar surface area (TPSA) is 55.4 Å². The molecule has 0 aromatic heterocycles. The van der Waals surface area contributed by atoms with Crippen LogP contribution in [0.1, 0.15) is 19.8 Å². The minimum atomic E-state index is -3.58. The van der Waals surface area contributed by atoms with Crippen LogP contribution < -0.4 is 4.72 Å². The number of halogens is 1. The smallest absolute Gasteiger partial charge is 0.297 e. The Morgan fingerprint density at radius 2 is 2.00 bits per heavy atom. The minimum absolute atomic E-state index is 0.0137. The lowest BCUT2D eigenvalue weighted by Gasteiger charge is -2.33. The quantitative estimate of drug-likeness (QED) is 0.729. The van der Waals surface area contributed by atoms with Crippen molar-refractivity contribution in [2.45, 2.75) is 19.8 Å². The summed E-state index contributed by atoms with van der Waals surface area (Å²) in [7, 11) is 1.46. The third-order valence-corrected chi connectivity index (χ3v) is 3.19. The molecule has 4 nitrogen and oxygen atoms in total. The van der Waals surface area contributed by atoms with E-state index in [4.69, 9.17) is 15.4 Å². The molecule has 0 spiro atoms. The summed E-state index contributed by atoms with van der Waals surface area (Å²) in [6.07, 6.45) is 1.73. The third-order valence-electron chi connectivity index (χ3n) is 2.37. The van der Waals surface area contributed by atoms with E-state index in [0.29, 0.717) is 19.8 Å². The maximum atomic E-state index is 10.6. The molecule has 1 aliphatic rings. The van der Waals surface area contributed by atoms with Gasteiger partial charge in [-0.2, -0.15) is 8.42 Å². The fraction of sp³-hybridized carbons (Fsp3) is 1.00. The number of nitrogens with one attached hydrogen (secondary N) is 1. The fourth-order valence-corrected chi connectivity index (χ4v) is 1.99. The van der Waals surface area contributed by atoms with Gasteiger partial charge in [0.2, 0.25) is 0 Å². The second-order valence-corrected chi connectivity index (χ2v) is 6.07. The zero-order valence-electron chi connectivity index (χ0n) is 7.55. The van der Waals surface area contributed by atoms with Crippen LogP contribution in [0.2, 0.25) is 0 Å². The zero-order valence-corrected chi connectivity index (χ0v) is 9.12. The Morgan fingerprint density at radius 3 is 2.46 bits per heavy atom. The number of hydrogen-bond acceptors (Lipinski definition) is 3. The van der Waals surface area contributed by atoms with E-state index in [1.807, 2.05) is 6.92 Å². The predicted molar refractivity (Wildman–Crippen MR) is 50.9 cm³/mol. The van der Waals surface area contributed by atoms with E-state index < -0.39 is 9.24 Å². The van der Waals surface area contributed by atoms with Crippen molar-refractivity contribution >= 4 is 19.9 Å². The molecule has 0 aromatic carbocycles. The molecule has 0 bridgehead atoms. The molecule has 1 rings (SSSR count). The average Bonchev–Trinajstić information content (AvgIpc) is 2.02. The highest BCUT2D eigenvalue weighted by molar-refractivity contribution is 8.12. The van der Waals surface area contributed by atoms with E-state index in [0.717, 1.165) is 12.8 Å². The Labute approximate surface area is 83.2 Å². The molecule has 0 unspecified atom stereocenters. The summed E-state index contributed by atoms with van der Waals surface area (Å²) in [6.45, 7) is 3.81. The zero-order chi connectivity index (χ0) is 9.95. The van der Waals surface area contributed by atoms with Gasteiger partial charge in [0.1, 0.15) is 0 Å². The Kier molecular flexibility index (Phi) is 3.57. The van der Waals surface area contributed by atoms with Gasteiger partial charge in [-0.25, -0.2) is 4.72 Å². The van der Waals surface area contributed by atoms with Gasteiger partial charge in [-0.3, -0.25) is 0 Å². The van der Waals surface area contributed by atoms with Gasteiger partial charge in [-0.1, -0.05) is 6.92 Å². The Bertz CT molecular complexity index is 259. The molecule has 0 aromatic rings. The van der Waals surface area contributed by atoms with Crippen molar-refractivity contribution in [1.29, 1.82) is 0 Å². The molecule has 0 aliphatic carbocycles. The van der Waals surface area contributed by atoms with Gasteiger partial charge in [0.05, 0.1) is 0 Å². The van der Waals surface area contributed by atoms with Crippen LogP contribution in [0.25, 0.3) is 0 Å². The van der Waals surface area contributed by atoms with Gasteiger partial charge in [-0.15, -0.1) is 0 Å². The van der Waals surface area contributed by atoms with E-state index in [-0.39, 0.29) is 5.41 Å². The van der Waals surface area contributed by atoms with Crippen molar-refractivity contribution in [3.05, 3.63) is 0 Å². The molecule has 0 amide bonds. The lowest BCUT2D eigenvalue weighted by molar-refractivity contribution is 0.0265.